The molecule has 0 amide bonds. The van der Waals surface area contributed by atoms with E-state index in [2.05, 4.69) is 0 Å². The fourth-order valence-corrected chi connectivity index (χ4v) is 1.62. The van der Waals surface area contributed by atoms with Gasteiger partial charge in [0.2, 0.25) is 0 Å². The molecule has 2 fully saturated rings. The van der Waals surface area contributed by atoms with E-state index in [4.69, 9.17) is 23.1 Å². The van der Waals surface area contributed by atoms with Crippen LogP contribution >= 0.6 is 0 Å². The van der Waals surface area contributed by atoms with Gasteiger partial charge >= 0.3 is 0 Å². The van der Waals surface area contributed by atoms with E-state index in [1.165, 1.54) is 0 Å². The molecular formula is C6H10BNO2. The van der Waals surface area contributed by atoms with Crippen LogP contribution in [0.4, 0.5) is 0 Å². The Morgan fingerprint density at radius 3 is 2.60 bits per heavy atom. The van der Waals surface area contributed by atoms with E-state index in [0.717, 1.165) is 0 Å². The van der Waals surface area contributed by atoms with Gasteiger partial charge in [0.05, 0.1) is 12.7 Å². The summed E-state index contributed by atoms with van der Waals surface area (Å²) in [6.07, 6.45) is 0.00463. The van der Waals surface area contributed by atoms with Crippen LogP contribution in [-0.2, 0) is 9.47 Å². The fraction of sp³-hybridized carbons (Fsp3) is 1.00. The number of hydrogen-bond donors (Lipinski definition) is 1. The Kier molecular flexibility index (Phi) is 1.16. The number of rotatable bonds is 0. The van der Waals surface area contributed by atoms with Gasteiger partial charge in [-0.2, -0.15) is 0 Å². The molecule has 2 bridgehead atoms. The Morgan fingerprint density at radius 2 is 2.40 bits per heavy atom. The summed E-state index contributed by atoms with van der Waals surface area (Å²) in [5, 5.41) is 0. The molecule has 2 aliphatic rings. The Hall–Kier alpha value is -0.0551. The number of fused-ring (bicyclic) bond motifs is 2. The molecule has 4 heteroatoms. The molecule has 2 heterocycles. The van der Waals surface area contributed by atoms with Crippen LogP contribution < -0.4 is 5.73 Å². The normalized spacial score (nSPS) is 59.6. The lowest BCUT2D eigenvalue weighted by atomic mass is 9.89. The molecular weight excluding hydrogens is 129 g/mol. The Labute approximate surface area is 61.3 Å². The maximum atomic E-state index is 5.81. The van der Waals surface area contributed by atoms with Crippen LogP contribution in [0.3, 0.4) is 0 Å². The van der Waals surface area contributed by atoms with Crippen LogP contribution in [0, 0.1) is 5.92 Å². The molecule has 0 spiro atoms. The average Bonchev–Trinajstić information content (AvgIpc) is 2.20. The Balaban J connectivity index is 2.26. The van der Waals surface area contributed by atoms with Crippen molar-refractivity contribution < 1.29 is 9.47 Å². The first kappa shape index (κ1) is 6.64. The molecule has 2 aliphatic heterocycles. The predicted molar refractivity (Wildman–Crippen MR) is 36.4 cm³/mol. The highest BCUT2D eigenvalue weighted by Crippen LogP contribution is 2.39. The largest absolute Gasteiger partial charge is 0.371 e. The van der Waals surface area contributed by atoms with Crippen molar-refractivity contribution in [3.8, 4) is 0 Å². The van der Waals surface area contributed by atoms with Crippen molar-refractivity contribution >= 4 is 7.85 Å². The molecule has 2 saturated heterocycles. The van der Waals surface area contributed by atoms with Gasteiger partial charge in [-0.3, -0.25) is 0 Å². The van der Waals surface area contributed by atoms with Crippen molar-refractivity contribution in [3.63, 3.8) is 0 Å². The van der Waals surface area contributed by atoms with E-state index >= 15 is 0 Å². The maximum Gasteiger partial charge on any atom is 0.144 e. The first-order valence-corrected chi connectivity index (χ1v) is 3.47. The second-order valence-corrected chi connectivity index (χ2v) is 3.10. The molecule has 0 aliphatic carbocycles. The predicted octanol–water partition coefficient (Wildman–Crippen LogP) is -0.799. The maximum absolute atomic E-state index is 5.81. The lowest BCUT2D eigenvalue weighted by molar-refractivity contribution is -0.111. The molecule has 0 aromatic heterocycles. The van der Waals surface area contributed by atoms with Crippen molar-refractivity contribution in [1.82, 2.24) is 0 Å². The summed E-state index contributed by atoms with van der Waals surface area (Å²) < 4.78 is 10.6. The van der Waals surface area contributed by atoms with E-state index in [1.54, 1.807) is 0 Å². The molecule has 0 saturated carbocycles. The third-order valence-electron chi connectivity index (χ3n) is 2.44. The second kappa shape index (κ2) is 1.75. The van der Waals surface area contributed by atoms with E-state index in [1.807, 2.05) is 6.92 Å². The van der Waals surface area contributed by atoms with Crippen LogP contribution in [0.2, 0.25) is 0 Å². The smallest absolute Gasteiger partial charge is 0.144 e. The zero-order valence-corrected chi connectivity index (χ0v) is 5.91. The van der Waals surface area contributed by atoms with Gasteiger partial charge in [-0.1, -0.05) is 6.92 Å². The van der Waals surface area contributed by atoms with Gasteiger partial charge in [-0.15, -0.1) is 0 Å². The third kappa shape index (κ3) is 0.616. The summed E-state index contributed by atoms with van der Waals surface area (Å²) in [7, 11) is 5.57. The summed E-state index contributed by atoms with van der Waals surface area (Å²) in [5.74, 6) is 0.225. The summed E-state index contributed by atoms with van der Waals surface area (Å²) in [6.45, 7) is 2.48. The molecule has 10 heavy (non-hydrogen) atoms. The first-order chi connectivity index (χ1) is 4.63. The topological polar surface area (TPSA) is 44.5 Å². The van der Waals surface area contributed by atoms with Gasteiger partial charge in [0.1, 0.15) is 13.6 Å². The number of nitrogens with two attached hydrogens (primary N) is 1. The standard InChI is InChI=1S/C6H10BNO2/c1-3-4-5(7)10-6(3,8)2-9-4/h3-5H,2,8H2,1H3/t3?,4?,5-,6+/m1/s1. The second-order valence-electron chi connectivity index (χ2n) is 3.10. The van der Waals surface area contributed by atoms with E-state index < -0.39 is 5.72 Å². The number of hydrogen-bond acceptors (Lipinski definition) is 3. The zero-order valence-electron chi connectivity index (χ0n) is 5.91. The molecule has 2 radical (unpaired) electrons. The van der Waals surface area contributed by atoms with Gasteiger partial charge in [-0.25, -0.2) is 0 Å². The quantitative estimate of drug-likeness (QED) is 0.447. The highest BCUT2D eigenvalue weighted by atomic mass is 16.6. The molecule has 4 atom stereocenters. The minimum absolute atomic E-state index is 0.00463. The van der Waals surface area contributed by atoms with Crippen LogP contribution in [0.5, 0.6) is 0 Å². The lowest BCUT2D eigenvalue weighted by Crippen LogP contribution is -2.47. The lowest BCUT2D eigenvalue weighted by Gasteiger charge is -2.25. The van der Waals surface area contributed by atoms with Gasteiger partial charge in [-0.05, 0) is 0 Å². The van der Waals surface area contributed by atoms with Crippen LogP contribution in [-0.4, -0.2) is 32.3 Å². The minimum atomic E-state index is -0.607. The van der Waals surface area contributed by atoms with Gasteiger partial charge in [0.25, 0.3) is 0 Å². The molecule has 2 N–H and O–H groups in total. The van der Waals surface area contributed by atoms with E-state index in [0.29, 0.717) is 6.61 Å². The Bertz CT molecular complexity index is 166. The van der Waals surface area contributed by atoms with Crippen LogP contribution in [0.15, 0.2) is 0 Å². The minimum Gasteiger partial charge on any atom is -0.371 e. The van der Waals surface area contributed by atoms with Gasteiger partial charge < -0.3 is 15.2 Å². The van der Waals surface area contributed by atoms with Crippen molar-refractivity contribution in [2.75, 3.05) is 6.61 Å². The monoisotopic (exact) mass is 139 g/mol. The molecule has 54 valence electrons. The summed E-state index contributed by atoms with van der Waals surface area (Å²) in [4.78, 5) is 0. The van der Waals surface area contributed by atoms with Crippen molar-refractivity contribution in [2.45, 2.75) is 24.8 Å². The molecule has 2 unspecified atom stereocenters. The summed E-state index contributed by atoms with van der Waals surface area (Å²) in [6, 6.07) is -0.325. The van der Waals surface area contributed by atoms with Gasteiger partial charge in [0.15, 0.2) is 0 Å². The van der Waals surface area contributed by atoms with Crippen molar-refractivity contribution in [2.24, 2.45) is 11.7 Å². The Morgan fingerprint density at radius 1 is 1.70 bits per heavy atom. The zero-order chi connectivity index (χ0) is 7.35. The number of ether oxygens (including phenoxy) is 2. The fourth-order valence-electron chi connectivity index (χ4n) is 1.62. The van der Waals surface area contributed by atoms with Crippen LogP contribution in [0.25, 0.3) is 0 Å². The van der Waals surface area contributed by atoms with Crippen molar-refractivity contribution in [1.29, 1.82) is 0 Å². The SMILES string of the molecule is [B][C@@H]1O[C@@]2(N)COC1C2C. The van der Waals surface area contributed by atoms with E-state index in [-0.39, 0.29) is 18.0 Å². The summed E-state index contributed by atoms with van der Waals surface area (Å²) >= 11 is 0. The van der Waals surface area contributed by atoms with Gasteiger partial charge in [0, 0.05) is 11.9 Å². The molecule has 2 rings (SSSR count). The van der Waals surface area contributed by atoms with E-state index in [9.17, 15) is 0 Å². The average molecular weight is 139 g/mol. The third-order valence-corrected chi connectivity index (χ3v) is 2.44. The molecule has 3 nitrogen and oxygen atoms in total. The molecule has 0 aromatic rings. The first-order valence-electron chi connectivity index (χ1n) is 3.47. The van der Waals surface area contributed by atoms with Crippen molar-refractivity contribution in [3.05, 3.63) is 0 Å². The van der Waals surface area contributed by atoms with Crippen LogP contribution in [0.1, 0.15) is 6.92 Å². The molecule has 0 aromatic carbocycles. The summed E-state index contributed by atoms with van der Waals surface area (Å²) in [5.41, 5.74) is 5.20. The highest BCUT2D eigenvalue weighted by molar-refractivity contribution is 6.11. The highest BCUT2D eigenvalue weighted by Gasteiger charge is 2.54.